The zero-order valence-electron chi connectivity index (χ0n) is 12.0. The van der Waals surface area contributed by atoms with Gasteiger partial charge in [-0.2, -0.15) is 0 Å². The minimum atomic E-state index is 0.498. The Labute approximate surface area is 115 Å². The third-order valence-corrected chi connectivity index (χ3v) is 5.93. The summed E-state index contributed by atoms with van der Waals surface area (Å²) in [4.78, 5) is 4.63. The highest BCUT2D eigenvalue weighted by molar-refractivity contribution is 5.19. The summed E-state index contributed by atoms with van der Waals surface area (Å²) in [5.74, 6) is 6.26. The molecule has 4 rings (SSSR count). The third kappa shape index (κ3) is 1.70. The Morgan fingerprint density at radius 1 is 1.37 bits per heavy atom. The molecule has 3 fully saturated rings. The summed E-state index contributed by atoms with van der Waals surface area (Å²) < 4.78 is 2.21. The van der Waals surface area contributed by atoms with Crippen LogP contribution in [0.15, 0.2) is 12.4 Å². The van der Waals surface area contributed by atoms with E-state index in [1.165, 1.54) is 31.5 Å². The van der Waals surface area contributed by atoms with Gasteiger partial charge in [0.25, 0.3) is 0 Å². The summed E-state index contributed by atoms with van der Waals surface area (Å²) in [6.45, 7) is 3.36. The van der Waals surface area contributed by atoms with Crippen LogP contribution in [-0.4, -0.2) is 16.1 Å². The molecule has 0 radical (unpaired) electrons. The second-order valence-electron chi connectivity index (χ2n) is 6.89. The van der Waals surface area contributed by atoms with Gasteiger partial charge in [0.1, 0.15) is 5.82 Å². The van der Waals surface area contributed by atoms with Gasteiger partial charge in [-0.3, -0.25) is 0 Å². The van der Waals surface area contributed by atoms with Crippen molar-refractivity contribution >= 4 is 0 Å². The molecular formula is C16H25N3. The molecule has 3 saturated carbocycles. The van der Waals surface area contributed by atoms with Crippen LogP contribution in [0.4, 0.5) is 0 Å². The average Bonchev–Trinajstić information content (AvgIpc) is 2.78. The molecule has 1 aromatic rings. The predicted molar refractivity (Wildman–Crippen MR) is 75.5 cm³/mol. The molecule has 1 heterocycles. The first-order valence-electron chi connectivity index (χ1n) is 8.02. The van der Waals surface area contributed by atoms with Gasteiger partial charge in [-0.15, -0.1) is 0 Å². The number of nitrogens with zero attached hydrogens (tertiary/aromatic N) is 2. The van der Waals surface area contributed by atoms with Crippen molar-refractivity contribution in [1.82, 2.24) is 14.9 Å². The molecule has 19 heavy (non-hydrogen) atoms. The Hall–Kier alpha value is -0.830. The molecule has 1 aromatic heterocycles. The van der Waals surface area contributed by atoms with E-state index in [2.05, 4.69) is 35.0 Å². The van der Waals surface area contributed by atoms with Crippen LogP contribution in [0, 0.1) is 29.6 Å². The summed E-state index contributed by atoms with van der Waals surface area (Å²) in [5, 5.41) is 3.79. The number of hydrogen-bond donors (Lipinski definition) is 1. The second kappa shape index (κ2) is 4.34. The van der Waals surface area contributed by atoms with E-state index in [0.29, 0.717) is 6.04 Å². The maximum atomic E-state index is 4.63. The Balaban J connectivity index is 1.57. The minimum absolute atomic E-state index is 0.498. The van der Waals surface area contributed by atoms with Gasteiger partial charge in [0.05, 0.1) is 6.04 Å². The lowest BCUT2D eigenvalue weighted by Crippen LogP contribution is -2.28. The van der Waals surface area contributed by atoms with Crippen molar-refractivity contribution in [2.45, 2.75) is 38.6 Å². The van der Waals surface area contributed by atoms with Gasteiger partial charge in [-0.1, -0.05) is 6.92 Å². The van der Waals surface area contributed by atoms with Crippen molar-refractivity contribution in [3.63, 3.8) is 0 Å². The van der Waals surface area contributed by atoms with E-state index in [1.54, 1.807) is 0 Å². The largest absolute Gasteiger partial charge is 0.337 e. The van der Waals surface area contributed by atoms with Gasteiger partial charge >= 0.3 is 0 Å². The normalized spacial score (nSPS) is 40.4. The van der Waals surface area contributed by atoms with Crippen LogP contribution in [-0.2, 0) is 7.05 Å². The first-order valence-corrected chi connectivity index (χ1v) is 8.02. The van der Waals surface area contributed by atoms with Crippen LogP contribution >= 0.6 is 0 Å². The molecule has 104 valence electrons. The molecule has 3 heteroatoms. The fraction of sp³-hybridized carbons (Fsp3) is 0.812. The molecular weight excluding hydrogens is 234 g/mol. The number of fused-ring (bicyclic) bond motifs is 5. The lowest BCUT2D eigenvalue weighted by atomic mass is 9.96. The molecule has 3 nitrogen and oxygen atoms in total. The van der Waals surface area contributed by atoms with E-state index in [-0.39, 0.29) is 0 Å². The Morgan fingerprint density at radius 3 is 2.68 bits per heavy atom. The Kier molecular flexibility index (Phi) is 2.73. The molecule has 0 aromatic carbocycles. The van der Waals surface area contributed by atoms with Crippen LogP contribution in [0.25, 0.3) is 0 Å². The topological polar surface area (TPSA) is 29.9 Å². The van der Waals surface area contributed by atoms with E-state index in [9.17, 15) is 0 Å². The molecule has 0 saturated heterocycles. The highest BCUT2D eigenvalue weighted by Crippen LogP contribution is 2.72. The van der Waals surface area contributed by atoms with Crippen LogP contribution < -0.4 is 5.32 Å². The molecule has 2 bridgehead atoms. The van der Waals surface area contributed by atoms with E-state index < -0.39 is 0 Å². The van der Waals surface area contributed by atoms with Crippen LogP contribution in [0.1, 0.15) is 44.5 Å². The van der Waals surface area contributed by atoms with Crippen molar-refractivity contribution in [3.8, 4) is 0 Å². The summed E-state index contributed by atoms with van der Waals surface area (Å²) in [6, 6.07) is 0.498. The summed E-state index contributed by atoms with van der Waals surface area (Å²) >= 11 is 0. The highest BCUT2D eigenvalue weighted by Gasteiger charge is 2.67. The second-order valence-corrected chi connectivity index (χ2v) is 6.89. The summed E-state index contributed by atoms with van der Waals surface area (Å²) in [6.07, 6.45) is 9.78. The first-order chi connectivity index (χ1) is 9.31. The first kappa shape index (κ1) is 12.0. The predicted octanol–water partition coefficient (Wildman–Crippen LogP) is 2.75. The number of imidazole rings is 1. The molecule has 0 amide bonds. The van der Waals surface area contributed by atoms with Gasteiger partial charge in [-0.25, -0.2) is 4.98 Å². The fourth-order valence-corrected chi connectivity index (χ4v) is 5.21. The third-order valence-electron chi connectivity index (χ3n) is 5.93. The lowest BCUT2D eigenvalue weighted by molar-refractivity contribution is 0.354. The highest BCUT2D eigenvalue weighted by atomic mass is 15.1. The monoisotopic (exact) mass is 259 g/mol. The Bertz CT molecular complexity index is 450. The molecule has 0 aliphatic heterocycles. The average molecular weight is 259 g/mol. The lowest BCUT2D eigenvalue weighted by Gasteiger charge is -2.21. The quantitative estimate of drug-likeness (QED) is 0.881. The van der Waals surface area contributed by atoms with Crippen molar-refractivity contribution in [3.05, 3.63) is 18.2 Å². The van der Waals surface area contributed by atoms with Crippen LogP contribution in [0.5, 0.6) is 0 Å². The smallest absolute Gasteiger partial charge is 0.125 e. The molecule has 5 atom stereocenters. The Morgan fingerprint density at radius 2 is 2.11 bits per heavy atom. The number of rotatable bonds is 5. The van der Waals surface area contributed by atoms with E-state index in [1.807, 2.05) is 6.20 Å². The number of aryl methyl sites for hydroxylation is 1. The maximum Gasteiger partial charge on any atom is 0.125 e. The molecule has 0 spiro atoms. The van der Waals surface area contributed by atoms with E-state index in [4.69, 9.17) is 0 Å². The van der Waals surface area contributed by atoms with E-state index >= 15 is 0 Å². The van der Waals surface area contributed by atoms with Gasteiger partial charge in [0.2, 0.25) is 0 Å². The zero-order valence-corrected chi connectivity index (χ0v) is 12.0. The van der Waals surface area contributed by atoms with Crippen LogP contribution in [0.2, 0.25) is 0 Å². The zero-order chi connectivity index (χ0) is 13.0. The number of hydrogen-bond acceptors (Lipinski definition) is 2. The van der Waals surface area contributed by atoms with Gasteiger partial charge in [0, 0.05) is 19.4 Å². The van der Waals surface area contributed by atoms with E-state index in [0.717, 1.165) is 36.1 Å². The van der Waals surface area contributed by atoms with Crippen molar-refractivity contribution in [1.29, 1.82) is 0 Å². The van der Waals surface area contributed by atoms with Gasteiger partial charge in [-0.05, 0) is 61.8 Å². The van der Waals surface area contributed by atoms with Crippen molar-refractivity contribution in [2.75, 3.05) is 6.54 Å². The fourth-order valence-electron chi connectivity index (χ4n) is 5.21. The summed E-state index contributed by atoms with van der Waals surface area (Å²) in [5.41, 5.74) is 0. The number of aromatic nitrogens is 2. The molecule has 3 aliphatic rings. The maximum absolute atomic E-state index is 4.63. The minimum Gasteiger partial charge on any atom is -0.337 e. The SMILES string of the molecule is CCCNC(c1nccn1C)C1C2C3CCC(C3)C21. The molecule has 1 N–H and O–H groups in total. The van der Waals surface area contributed by atoms with Crippen molar-refractivity contribution < 1.29 is 0 Å². The standard InChI is InChI=1S/C16H25N3/c1-3-6-17-15(16-18-7-8-19(16)2)14-12-10-4-5-11(9-10)13(12)14/h7-8,10-15,17H,3-6,9H2,1-2H3. The summed E-state index contributed by atoms with van der Waals surface area (Å²) in [7, 11) is 2.13. The van der Waals surface area contributed by atoms with Gasteiger partial charge < -0.3 is 9.88 Å². The van der Waals surface area contributed by atoms with Crippen molar-refractivity contribution in [2.24, 2.45) is 36.6 Å². The van der Waals surface area contributed by atoms with Crippen LogP contribution in [0.3, 0.4) is 0 Å². The molecule has 3 aliphatic carbocycles. The van der Waals surface area contributed by atoms with Gasteiger partial charge in [0.15, 0.2) is 0 Å². The molecule has 5 unspecified atom stereocenters. The number of nitrogens with one attached hydrogen (secondary N) is 1.